The molecule has 0 spiro atoms. The number of hydrogen-bond donors (Lipinski definition) is 1. The van der Waals surface area contributed by atoms with Gasteiger partial charge in [0.05, 0.1) is 10.2 Å². The Morgan fingerprint density at radius 2 is 1.97 bits per heavy atom. The molecule has 0 unspecified atom stereocenters. The highest BCUT2D eigenvalue weighted by Crippen LogP contribution is 2.46. The van der Waals surface area contributed by atoms with Gasteiger partial charge in [0.1, 0.15) is 10.0 Å². The van der Waals surface area contributed by atoms with E-state index in [9.17, 15) is 4.79 Å². The molecule has 0 saturated heterocycles. The molecule has 0 saturated carbocycles. The van der Waals surface area contributed by atoms with E-state index in [2.05, 4.69) is 30.3 Å². The van der Waals surface area contributed by atoms with Gasteiger partial charge in [-0.2, -0.15) is 5.10 Å². The van der Waals surface area contributed by atoms with Crippen molar-refractivity contribution in [3.8, 4) is 10.6 Å². The molecule has 1 amide bonds. The van der Waals surface area contributed by atoms with E-state index >= 15 is 0 Å². The van der Waals surface area contributed by atoms with E-state index in [0.717, 1.165) is 39.6 Å². The van der Waals surface area contributed by atoms with Crippen molar-refractivity contribution in [2.24, 2.45) is 0 Å². The third kappa shape index (κ3) is 3.36. The first-order chi connectivity index (χ1) is 14.5. The quantitative estimate of drug-likeness (QED) is 0.412. The Kier molecular flexibility index (Phi) is 4.95. The van der Waals surface area contributed by atoms with Crippen LogP contribution in [-0.2, 0) is 12.8 Å². The number of hydrogen-bond acceptors (Lipinski definition) is 5. The molecular weight excluding hydrogens is 412 g/mol. The van der Waals surface area contributed by atoms with Gasteiger partial charge >= 0.3 is 0 Å². The van der Waals surface area contributed by atoms with Crippen molar-refractivity contribution in [1.82, 2.24) is 14.8 Å². The molecule has 5 nitrogen and oxygen atoms in total. The molecule has 3 heterocycles. The number of anilines is 1. The number of amides is 1. The minimum atomic E-state index is -0.154. The molecule has 0 radical (unpaired) electrons. The Labute approximate surface area is 183 Å². The molecule has 5 rings (SSSR count). The average Bonchev–Trinajstić information content (AvgIpc) is 3.41. The molecule has 0 fully saturated rings. The lowest BCUT2D eigenvalue weighted by Crippen LogP contribution is -2.14. The Bertz CT molecular complexity index is 1210. The fourth-order valence-corrected chi connectivity index (χ4v) is 6.54. The van der Waals surface area contributed by atoms with E-state index in [4.69, 9.17) is 4.98 Å². The highest BCUT2D eigenvalue weighted by molar-refractivity contribution is 7.22. The highest BCUT2D eigenvalue weighted by atomic mass is 32.1. The van der Waals surface area contributed by atoms with Gasteiger partial charge in [-0.25, -0.2) is 4.98 Å². The lowest BCUT2D eigenvalue weighted by Gasteiger charge is -2.11. The molecule has 1 aliphatic rings. The Hall–Kier alpha value is -2.51. The molecule has 1 aromatic carbocycles. The van der Waals surface area contributed by atoms with E-state index in [-0.39, 0.29) is 11.9 Å². The van der Waals surface area contributed by atoms with Gasteiger partial charge in [0.25, 0.3) is 5.91 Å². The molecule has 0 atom stereocenters. The summed E-state index contributed by atoms with van der Waals surface area (Å²) in [5.41, 5.74) is 4.94. The monoisotopic (exact) mass is 436 g/mol. The zero-order chi connectivity index (χ0) is 20.8. The normalized spacial score (nSPS) is 13.7. The number of aryl methyl sites for hydroxylation is 2. The number of benzene rings is 1. The summed E-state index contributed by atoms with van der Waals surface area (Å²) in [7, 11) is 0. The van der Waals surface area contributed by atoms with E-state index in [1.165, 1.54) is 28.0 Å². The summed E-state index contributed by atoms with van der Waals surface area (Å²) >= 11 is 3.41. The molecular formula is C23H24N4OS2. The number of rotatable bonds is 4. The molecule has 4 aromatic rings. The van der Waals surface area contributed by atoms with Crippen LogP contribution in [0.1, 0.15) is 59.4 Å². The summed E-state index contributed by atoms with van der Waals surface area (Å²) in [6, 6.07) is 10.3. The molecule has 7 heteroatoms. The number of fused-ring (bicyclic) bond motifs is 2. The zero-order valence-corrected chi connectivity index (χ0v) is 19.0. The molecule has 30 heavy (non-hydrogen) atoms. The SMILES string of the molecule is Cc1cc(C(=O)Nc2sc3c(c2-c2nc4ccccc4s2)CCCC3)nn1C(C)C. The van der Waals surface area contributed by atoms with Crippen LogP contribution in [0.25, 0.3) is 20.8 Å². The lowest BCUT2D eigenvalue weighted by molar-refractivity contribution is 0.102. The van der Waals surface area contributed by atoms with Crippen LogP contribution >= 0.6 is 22.7 Å². The van der Waals surface area contributed by atoms with Crippen LogP contribution in [0, 0.1) is 6.92 Å². The van der Waals surface area contributed by atoms with E-state index < -0.39 is 0 Å². The van der Waals surface area contributed by atoms with E-state index in [1.807, 2.05) is 35.9 Å². The average molecular weight is 437 g/mol. The van der Waals surface area contributed by atoms with Crippen LogP contribution < -0.4 is 5.32 Å². The highest BCUT2D eigenvalue weighted by Gasteiger charge is 2.26. The summed E-state index contributed by atoms with van der Waals surface area (Å²) in [5, 5.41) is 9.60. The second-order valence-corrected chi connectivity index (χ2v) is 10.2. The van der Waals surface area contributed by atoms with Crippen molar-refractivity contribution < 1.29 is 4.79 Å². The van der Waals surface area contributed by atoms with Crippen molar-refractivity contribution in [2.75, 3.05) is 5.32 Å². The van der Waals surface area contributed by atoms with Gasteiger partial charge in [0, 0.05) is 22.2 Å². The minimum Gasteiger partial charge on any atom is -0.312 e. The number of carbonyl (C=O) groups excluding carboxylic acids is 1. The fraction of sp³-hybridized carbons (Fsp3) is 0.348. The van der Waals surface area contributed by atoms with Crippen LogP contribution in [0.2, 0.25) is 0 Å². The lowest BCUT2D eigenvalue weighted by atomic mass is 9.96. The van der Waals surface area contributed by atoms with E-state index in [0.29, 0.717) is 5.69 Å². The number of para-hydroxylation sites is 1. The number of nitrogens with one attached hydrogen (secondary N) is 1. The molecule has 154 valence electrons. The minimum absolute atomic E-state index is 0.154. The maximum absolute atomic E-state index is 13.1. The summed E-state index contributed by atoms with van der Waals surface area (Å²) in [4.78, 5) is 19.4. The fourth-order valence-electron chi connectivity index (χ4n) is 4.15. The molecule has 1 N–H and O–H groups in total. The standard InChI is InChI=1S/C23H24N4OS2/c1-13(2)27-14(3)12-17(26-27)21(28)25-23-20(15-8-4-6-10-18(15)29-23)22-24-16-9-5-7-11-19(16)30-22/h5,7,9,11-13H,4,6,8,10H2,1-3H3,(H,25,28). The molecule has 1 aliphatic carbocycles. The second-order valence-electron chi connectivity index (χ2n) is 8.07. The molecule has 0 bridgehead atoms. The summed E-state index contributed by atoms with van der Waals surface area (Å²) in [6.07, 6.45) is 4.52. The summed E-state index contributed by atoms with van der Waals surface area (Å²) in [5.74, 6) is -0.154. The van der Waals surface area contributed by atoms with Gasteiger partial charge in [-0.3, -0.25) is 9.48 Å². The molecule has 3 aromatic heterocycles. The first-order valence-corrected chi connectivity index (χ1v) is 12.0. The maximum atomic E-state index is 13.1. The largest absolute Gasteiger partial charge is 0.312 e. The number of nitrogens with zero attached hydrogens (tertiary/aromatic N) is 3. The predicted molar refractivity (Wildman–Crippen MR) is 125 cm³/mol. The third-order valence-corrected chi connectivity index (χ3v) is 7.81. The topological polar surface area (TPSA) is 59.8 Å². The number of thiazole rings is 1. The van der Waals surface area contributed by atoms with Crippen molar-refractivity contribution in [3.63, 3.8) is 0 Å². The number of carbonyl (C=O) groups is 1. The van der Waals surface area contributed by atoms with Crippen LogP contribution in [0.15, 0.2) is 30.3 Å². The zero-order valence-electron chi connectivity index (χ0n) is 17.4. The van der Waals surface area contributed by atoms with Crippen LogP contribution in [0.3, 0.4) is 0 Å². The number of aromatic nitrogens is 3. The van der Waals surface area contributed by atoms with Crippen LogP contribution in [-0.4, -0.2) is 20.7 Å². The second kappa shape index (κ2) is 7.63. The van der Waals surface area contributed by atoms with Gasteiger partial charge in [0.15, 0.2) is 5.69 Å². The third-order valence-electron chi connectivity index (χ3n) is 5.55. The van der Waals surface area contributed by atoms with Crippen LogP contribution in [0.4, 0.5) is 5.00 Å². The van der Waals surface area contributed by atoms with Gasteiger partial charge in [-0.1, -0.05) is 12.1 Å². The van der Waals surface area contributed by atoms with Gasteiger partial charge < -0.3 is 5.32 Å². The summed E-state index contributed by atoms with van der Waals surface area (Å²) in [6.45, 7) is 6.13. The van der Waals surface area contributed by atoms with Crippen molar-refractivity contribution >= 4 is 43.8 Å². The predicted octanol–water partition coefficient (Wildman–Crippen LogP) is 6.24. The Morgan fingerprint density at radius 1 is 1.17 bits per heavy atom. The van der Waals surface area contributed by atoms with Crippen molar-refractivity contribution in [1.29, 1.82) is 0 Å². The van der Waals surface area contributed by atoms with Crippen molar-refractivity contribution in [2.45, 2.75) is 52.5 Å². The summed E-state index contributed by atoms with van der Waals surface area (Å²) < 4.78 is 3.06. The Balaban J connectivity index is 1.56. The van der Waals surface area contributed by atoms with Gasteiger partial charge in [0.2, 0.25) is 0 Å². The van der Waals surface area contributed by atoms with Crippen molar-refractivity contribution in [3.05, 3.63) is 52.2 Å². The van der Waals surface area contributed by atoms with E-state index in [1.54, 1.807) is 22.7 Å². The smallest absolute Gasteiger partial charge is 0.276 e. The first-order valence-electron chi connectivity index (χ1n) is 10.4. The Morgan fingerprint density at radius 3 is 2.73 bits per heavy atom. The van der Waals surface area contributed by atoms with Gasteiger partial charge in [-0.15, -0.1) is 22.7 Å². The first kappa shape index (κ1) is 19.5. The molecule has 0 aliphatic heterocycles. The maximum Gasteiger partial charge on any atom is 0.276 e. The number of thiophene rings is 1. The van der Waals surface area contributed by atoms with Crippen LogP contribution in [0.5, 0.6) is 0 Å². The van der Waals surface area contributed by atoms with Gasteiger partial charge in [-0.05, 0) is 70.2 Å².